The van der Waals surface area contributed by atoms with Gasteiger partial charge in [0.25, 0.3) is 0 Å². The van der Waals surface area contributed by atoms with Crippen LogP contribution >= 0.6 is 0 Å². The van der Waals surface area contributed by atoms with Crippen molar-refractivity contribution in [2.45, 2.75) is 64.4 Å². The van der Waals surface area contributed by atoms with E-state index in [1.807, 2.05) is 72.8 Å². The van der Waals surface area contributed by atoms with Crippen LogP contribution in [0.1, 0.15) is 40.0 Å². The normalized spacial score (nSPS) is 16.8. The number of fused-ring (bicyclic) bond motifs is 2. The quantitative estimate of drug-likeness (QED) is 0.102. The summed E-state index contributed by atoms with van der Waals surface area (Å²) in [5.41, 5.74) is 0. The van der Waals surface area contributed by atoms with E-state index in [9.17, 15) is 5.11 Å². The highest BCUT2D eigenvalue weighted by atomic mass is 16.6. The van der Waals surface area contributed by atoms with Crippen molar-refractivity contribution in [3.8, 4) is 23.0 Å². The molecule has 4 aromatic rings. The summed E-state index contributed by atoms with van der Waals surface area (Å²) in [6.07, 6.45) is 2.71. The first-order valence-corrected chi connectivity index (χ1v) is 15.1. The van der Waals surface area contributed by atoms with E-state index in [4.69, 9.17) is 28.4 Å². The van der Waals surface area contributed by atoms with E-state index < -0.39 is 0 Å². The Bertz CT molecular complexity index is 1420. The number of aromatic hydroxyl groups is 1. The van der Waals surface area contributed by atoms with Crippen LogP contribution in [-0.2, 0) is 18.9 Å². The fourth-order valence-electron chi connectivity index (χ4n) is 4.86. The summed E-state index contributed by atoms with van der Waals surface area (Å²) >= 11 is 0. The number of rotatable bonds is 17. The highest BCUT2D eigenvalue weighted by Gasteiger charge is 2.24. The summed E-state index contributed by atoms with van der Waals surface area (Å²) in [5.74, 6) is 2.30. The van der Waals surface area contributed by atoms with Gasteiger partial charge in [0.15, 0.2) is 0 Å². The third kappa shape index (κ3) is 7.72. The lowest BCUT2D eigenvalue weighted by Crippen LogP contribution is -2.30. The van der Waals surface area contributed by atoms with Gasteiger partial charge in [0.1, 0.15) is 35.7 Å². The first-order valence-electron chi connectivity index (χ1n) is 15.1. The van der Waals surface area contributed by atoms with E-state index in [0.717, 1.165) is 53.5 Å². The molecule has 1 N–H and O–H groups in total. The summed E-state index contributed by atoms with van der Waals surface area (Å²) in [7, 11) is 0. The Morgan fingerprint density at radius 3 is 1.95 bits per heavy atom. The number of benzene rings is 4. The number of ether oxygens (including phenoxy) is 6. The molecule has 0 bridgehead atoms. The first kappa shape index (κ1) is 30.1. The molecule has 0 aliphatic carbocycles. The maximum atomic E-state index is 11.2. The predicted molar refractivity (Wildman–Crippen MR) is 165 cm³/mol. The number of phenols is 1. The molecule has 42 heavy (non-hydrogen) atoms. The predicted octanol–water partition coefficient (Wildman–Crippen LogP) is 7.65. The summed E-state index contributed by atoms with van der Waals surface area (Å²) in [4.78, 5) is 0. The molecule has 1 fully saturated rings. The van der Waals surface area contributed by atoms with Crippen molar-refractivity contribution in [1.29, 1.82) is 0 Å². The lowest BCUT2D eigenvalue weighted by atomic mass is 10.0. The minimum absolute atomic E-state index is 0.0211. The smallest absolute Gasteiger partial charge is 0.135 e. The van der Waals surface area contributed by atoms with E-state index in [1.54, 1.807) is 0 Å². The minimum atomic E-state index is -0.115. The average Bonchev–Trinajstić information content (AvgIpc) is 3.86. The molecule has 4 atom stereocenters. The Balaban J connectivity index is 1.26. The lowest BCUT2D eigenvalue weighted by Gasteiger charge is -2.24. The van der Waals surface area contributed by atoms with Crippen molar-refractivity contribution in [3.05, 3.63) is 72.8 Å². The summed E-state index contributed by atoms with van der Waals surface area (Å²) in [6.45, 7) is 9.14. The third-order valence-electron chi connectivity index (χ3n) is 7.63. The molecule has 7 nitrogen and oxygen atoms in total. The van der Waals surface area contributed by atoms with Crippen molar-refractivity contribution in [3.63, 3.8) is 0 Å². The zero-order valence-corrected chi connectivity index (χ0v) is 24.8. The molecule has 7 heteroatoms. The Kier molecular flexibility index (Phi) is 10.5. The molecule has 4 aromatic carbocycles. The summed E-state index contributed by atoms with van der Waals surface area (Å²) in [5, 5.41) is 14.3. The van der Waals surface area contributed by atoms with Gasteiger partial charge < -0.3 is 33.5 Å². The Hall–Kier alpha value is -3.36. The highest BCUT2D eigenvalue weighted by Crippen LogP contribution is 2.43. The largest absolute Gasteiger partial charge is 0.507 e. The minimum Gasteiger partial charge on any atom is -0.507 e. The van der Waals surface area contributed by atoms with Gasteiger partial charge in [-0.05, 0) is 49.6 Å². The van der Waals surface area contributed by atoms with E-state index in [2.05, 4.69) is 20.8 Å². The Labute approximate surface area is 248 Å². The van der Waals surface area contributed by atoms with Gasteiger partial charge in [0.05, 0.1) is 44.7 Å². The number of para-hydroxylation sites is 1. The molecule has 0 spiro atoms. The molecular weight excluding hydrogens is 532 g/mol. The molecule has 1 aliphatic heterocycles. The number of hydrogen-bond donors (Lipinski definition) is 1. The highest BCUT2D eigenvalue weighted by molar-refractivity contribution is 6.11. The van der Waals surface area contributed by atoms with Crippen LogP contribution in [-0.4, -0.2) is 62.6 Å². The van der Waals surface area contributed by atoms with E-state index in [1.165, 1.54) is 0 Å². The van der Waals surface area contributed by atoms with Gasteiger partial charge in [-0.2, -0.15) is 0 Å². The van der Waals surface area contributed by atoms with Gasteiger partial charge in [0.2, 0.25) is 0 Å². The molecule has 4 unspecified atom stereocenters. The van der Waals surface area contributed by atoms with E-state index in [-0.39, 0.29) is 30.2 Å². The third-order valence-corrected chi connectivity index (χ3v) is 7.63. The van der Waals surface area contributed by atoms with Crippen LogP contribution in [0.15, 0.2) is 72.8 Å². The van der Waals surface area contributed by atoms with Gasteiger partial charge in [-0.25, -0.2) is 0 Å². The molecule has 1 saturated heterocycles. The van der Waals surface area contributed by atoms with E-state index >= 15 is 0 Å². The number of hydrogen-bond acceptors (Lipinski definition) is 7. The molecule has 1 aliphatic rings. The molecule has 0 saturated carbocycles. The second-order valence-electron chi connectivity index (χ2n) is 10.7. The molecule has 1 heterocycles. The molecule has 5 rings (SSSR count). The van der Waals surface area contributed by atoms with Gasteiger partial charge in [0, 0.05) is 21.5 Å². The van der Waals surface area contributed by atoms with Crippen molar-refractivity contribution in [2.75, 3.05) is 33.0 Å². The van der Waals surface area contributed by atoms with Gasteiger partial charge in [-0.1, -0.05) is 63.2 Å². The maximum Gasteiger partial charge on any atom is 0.135 e. The molecule has 224 valence electrons. The standard InChI is InChI=1S/C35H42O7/c1-4-24(37-20-25(5-2)39-22-29-23-40-29)19-38-26(6-3)21-41-35-31-15-11-10-14-30(31)34(36)33-18-28(16-17-32(33)35)42-27-12-8-7-9-13-27/h7-18,24-26,29,36H,4-6,19-23H2,1-3H3. The summed E-state index contributed by atoms with van der Waals surface area (Å²) in [6, 6.07) is 23.1. The van der Waals surface area contributed by atoms with Crippen molar-refractivity contribution in [2.24, 2.45) is 0 Å². The molecule has 0 radical (unpaired) electrons. The molecule has 0 amide bonds. The van der Waals surface area contributed by atoms with Crippen LogP contribution in [0.25, 0.3) is 21.5 Å². The molecule has 0 aromatic heterocycles. The van der Waals surface area contributed by atoms with Gasteiger partial charge >= 0.3 is 0 Å². The monoisotopic (exact) mass is 574 g/mol. The van der Waals surface area contributed by atoms with Gasteiger partial charge in [-0.15, -0.1) is 0 Å². The van der Waals surface area contributed by atoms with E-state index in [0.29, 0.717) is 37.6 Å². The fraction of sp³-hybridized carbons (Fsp3) is 0.429. The Morgan fingerprint density at radius 1 is 0.690 bits per heavy atom. The Morgan fingerprint density at radius 2 is 1.29 bits per heavy atom. The van der Waals surface area contributed by atoms with Crippen molar-refractivity contribution >= 4 is 21.5 Å². The molecular formula is C35H42O7. The van der Waals surface area contributed by atoms with Crippen LogP contribution in [0.3, 0.4) is 0 Å². The SMILES string of the molecule is CCC(COc1c2ccccc2c(O)c2cc(Oc3ccccc3)ccc12)OCC(CC)OCC(CC)OCC1CO1. The maximum absolute atomic E-state index is 11.2. The van der Waals surface area contributed by atoms with Crippen LogP contribution in [0.2, 0.25) is 0 Å². The van der Waals surface area contributed by atoms with Crippen LogP contribution in [0.4, 0.5) is 0 Å². The van der Waals surface area contributed by atoms with Crippen LogP contribution < -0.4 is 9.47 Å². The topological polar surface area (TPSA) is 78.9 Å². The fourth-order valence-corrected chi connectivity index (χ4v) is 4.86. The number of epoxide rings is 1. The zero-order chi connectivity index (χ0) is 29.3. The second-order valence-corrected chi connectivity index (χ2v) is 10.7. The van der Waals surface area contributed by atoms with Crippen LogP contribution in [0, 0.1) is 0 Å². The average molecular weight is 575 g/mol. The van der Waals surface area contributed by atoms with Crippen molar-refractivity contribution in [1.82, 2.24) is 0 Å². The van der Waals surface area contributed by atoms with Crippen LogP contribution in [0.5, 0.6) is 23.0 Å². The first-order chi connectivity index (χ1) is 20.6. The lowest BCUT2D eigenvalue weighted by molar-refractivity contribution is -0.0886. The van der Waals surface area contributed by atoms with Gasteiger partial charge in [-0.3, -0.25) is 0 Å². The van der Waals surface area contributed by atoms with Crippen molar-refractivity contribution < 1.29 is 33.5 Å². The zero-order valence-electron chi connectivity index (χ0n) is 24.8. The second kappa shape index (κ2) is 14.7. The number of phenolic OH excluding ortho intramolecular Hbond substituents is 1. The summed E-state index contributed by atoms with van der Waals surface area (Å²) < 4.78 is 36.2.